The van der Waals surface area contributed by atoms with E-state index < -0.39 is 17.9 Å². The molecule has 2 bridgehead atoms. The molecule has 4 rings (SSSR count). The van der Waals surface area contributed by atoms with Gasteiger partial charge in [-0.15, -0.1) is 0 Å². The van der Waals surface area contributed by atoms with Crippen molar-refractivity contribution >= 4 is 11.9 Å². The number of hydrogen-bond donors (Lipinski definition) is 1. The smallest absolute Gasteiger partial charge is 0.315 e. The highest BCUT2D eigenvalue weighted by atomic mass is 16.5. The molecule has 2 aliphatic carbocycles. The van der Waals surface area contributed by atoms with Crippen LogP contribution in [-0.4, -0.2) is 29.1 Å². The first-order valence-corrected chi connectivity index (χ1v) is 11.2. The molecule has 32 heavy (non-hydrogen) atoms. The fourth-order valence-electron chi connectivity index (χ4n) is 5.19. The van der Waals surface area contributed by atoms with Crippen molar-refractivity contribution in [1.29, 1.82) is 0 Å². The van der Waals surface area contributed by atoms with Gasteiger partial charge in [0.1, 0.15) is 11.9 Å². The number of fused-ring (bicyclic) bond motifs is 2. The van der Waals surface area contributed by atoms with E-state index in [1.54, 1.807) is 12.1 Å². The average molecular weight is 438 g/mol. The second kappa shape index (κ2) is 8.66. The third kappa shape index (κ3) is 4.29. The third-order valence-corrected chi connectivity index (χ3v) is 6.90. The second-order valence-corrected chi connectivity index (χ2v) is 10.1. The van der Waals surface area contributed by atoms with E-state index in [0.29, 0.717) is 11.4 Å². The molecule has 2 aromatic rings. The summed E-state index contributed by atoms with van der Waals surface area (Å²) < 4.78 is 10.6. The lowest BCUT2D eigenvalue weighted by molar-refractivity contribution is -0.156. The summed E-state index contributed by atoms with van der Waals surface area (Å²) in [6.45, 7) is 5.91. The zero-order valence-electron chi connectivity index (χ0n) is 19.1. The van der Waals surface area contributed by atoms with Gasteiger partial charge in [0, 0.05) is 5.56 Å². The van der Waals surface area contributed by atoms with Gasteiger partial charge in [-0.2, -0.15) is 0 Å². The first-order valence-electron chi connectivity index (χ1n) is 11.2. The summed E-state index contributed by atoms with van der Waals surface area (Å²) in [5.74, 6) is -0.640. The van der Waals surface area contributed by atoms with Gasteiger partial charge in [-0.05, 0) is 72.9 Å². The van der Waals surface area contributed by atoms with Crippen LogP contribution in [0.3, 0.4) is 0 Å². The van der Waals surface area contributed by atoms with Gasteiger partial charge in [0.15, 0.2) is 0 Å². The van der Waals surface area contributed by atoms with Gasteiger partial charge >= 0.3 is 11.9 Å². The number of esters is 2. The fraction of sp³-hybridized carbons (Fsp3) is 0.500. The molecule has 0 aliphatic heterocycles. The van der Waals surface area contributed by atoms with Crippen LogP contribution in [-0.2, 0) is 14.3 Å². The molecule has 170 valence electrons. The van der Waals surface area contributed by atoms with Gasteiger partial charge < -0.3 is 14.6 Å². The molecular formula is C26H31NO5. The molecule has 2 aliphatic rings. The van der Waals surface area contributed by atoms with Crippen molar-refractivity contribution in [3.63, 3.8) is 0 Å². The van der Waals surface area contributed by atoms with Gasteiger partial charge in [-0.25, -0.2) is 0 Å². The number of aliphatic hydroxyl groups excluding tert-OH is 1. The minimum Gasteiger partial charge on any atom is -0.469 e. The summed E-state index contributed by atoms with van der Waals surface area (Å²) in [6.07, 6.45) is 2.14. The average Bonchev–Trinajstić information content (AvgIpc) is 3.40. The molecule has 2 fully saturated rings. The van der Waals surface area contributed by atoms with E-state index in [0.717, 1.165) is 30.5 Å². The molecule has 6 nitrogen and oxygen atoms in total. The molecule has 2 saturated carbocycles. The van der Waals surface area contributed by atoms with Crippen LogP contribution in [0.5, 0.6) is 5.75 Å². The topological polar surface area (TPSA) is 85.7 Å². The first-order chi connectivity index (χ1) is 15.2. The molecule has 1 N–H and O–H groups in total. The molecule has 0 unspecified atom stereocenters. The third-order valence-electron chi connectivity index (χ3n) is 6.90. The van der Waals surface area contributed by atoms with Crippen LogP contribution in [0.2, 0.25) is 0 Å². The van der Waals surface area contributed by atoms with Crippen LogP contribution in [0.4, 0.5) is 0 Å². The molecule has 0 amide bonds. The minimum absolute atomic E-state index is 0.192. The second-order valence-electron chi connectivity index (χ2n) is 10.1. The van der Waals surface area contributed by atoms with Gasteiger partial charge in [0.2, 0.25) is 0 Å². The Kier molecular flexibility index (Phi) is 6.08. The fourth-order valence-corrected chi connectivity index (χ4v) is 5.19. The van der Waals surface area contributed by atoms with E-state index in [2.05, 4.69) is 4.98 Å². The summed E-state index contributed by atoms with van der Waals surface area (Å²) in [5.41, 5.74) is 1.91. The molecule has 5 atom stereocenters. The molecule has 6 heteroatoms. The Bertz CT molecular complexity index is 994. The maximum absolute atomic E-state index is 12.9. The number of nitrogens with zero attached hydrogens (tertiary/aromatic N) is 1. The predicted molar refractivity (Wildman–Crippen MR) is 120 cm³/mol. The standard InChI is InChI=1S/C26H31NO5/c1-26(2,3)23(28)20-7-5-6-19(27-20)15-10-12-18(13-11-15)32-25(30)22-17-9-8-16(14-17)21(22)24(29)31-4/h5-7,10-13,16-17,21-23,28H,8-9,14H2,1-4H3/t16-,17+,21+,22-,23+/m1/s1. The Morgan fingerprint density at radius 1 is 1.00 bits per heavy atom. The van der Waals surface area contributed by atoms with E-state index in [-0.39, 0.29) is 29.2 Å². The van der Waals surface area contributed by atoms with Crippen LogP contribution >= 0.6 is 0 Å². The van der Waals surface area contributed by atoms with Crippen molar-refractivity contribution in [3.8, 4) is 17.0 Å². The number of benzene rings is 1. The number of rotatable bonds is 5. The highest BCUT2D eigenvalue weighted by molar-refractivity contribution is 5.85. The summed E-state index contributed by atoms with van der Waals surface area (Å²) in [4.78, 5) is 29.8. The van der Waals surface area contributed by atoms with E-state index >= 15 is 0 Å². The number of carbonyl (C=O) groups excluding carboxylic acids is 2. The largest absolute Gasteiger partial charge is 0.469 e. The number of aliphatic hydroxyl groups is 1. The Morgan fingerprint density at radius 3 is 2.22 bits per heavy atom. The van der Waals surface area contributed by atoms with E-state index in [9.17, 15) is 14.7 Å². The Labute approximate surface area is 189 Å². The van der Waals surface area contributed by atoms with E-state index in [4.69, 9.17) is 9.47 Å². The zero-order valence-corrected chi connectivity index (χ0v) is 19.1. The maximum atomic E-state index is 12.9. The van der Waals surface area contributed by atoms with Crippen molar-refractivity contribution in [2.24, 2.45) is 29.1 Å². The molecule has 0 radical (unpaired) electrons. The number of pyridine rings is 1. The molecule has 0 spiro atoms. The summed E-state index contributed by atoms with van der Waals surface area (Å²) >= 11 is 0. The van der Waals surface area contributed by atoms with E-state index in [1.165, 1.54) is 7.11 Å². The van der Waals surface area contributed by atoms with Crippen molar-refractivity contribution in [2.45, 2.75) is 46.1 Å². The zero-order chi connectivity index (χ0) is 23.0. The normalized spacial score (nSPS) is 25.4. The van der Waals surface area contributed by atoms with Crippen molar-refractivity contribution < 1.29 is 24.2 Å². The molecule has 0 saturated heterocycles. The van der Waals surface area contributed by atoms with Crippen LogP contribution in [0, 0.1) is 29.1 Å². The van der Waals surface area contributed by atoms with Crippen molar-refractivity contribution in [1.82, 2.24) is 4.98 Å². The molecular weight excluding hydrogens is 406 g/mol. The number of aromatic nitrogens is 1. The number of hydrogen-bond acceptors (Lipinski definition) is 6. The number of carbonyl (C=O) groups is 2. The van der Waals surface area contributed by atoms with Crippen molar-refractivity contribution in [2.75, 3.05) is 7.11 Å². The van der Waals surface area contributed by atoms with Crippen LogP contribution in [0.1, 0.15) is 51.8 Å². The SMILES string of the molecule is COC(=O)[C@H]1[C@@H]2CC[C@@H](C2)[C@H]1C(=O)Oc1ccc(-c2cccc([C@H](O)C(C)(C)C)n2)cc1. The van der Waals surface area contributed by atoms with Gasteiger partial charge in [0.25, 0.3) is 0 Å². The highest BCUT2D eigenvalue weighted by Gasteiger charge is 2.55. The molecule has 1 aromatic carbocycles. The minimum atomic E-state index is -0.674. The monoisotopic (exact) mass is 437 g/mol. The lowest BCUT2D eigenvalue weighted by Crippen LogP contribution is -2.37. The maximum Gasteiger partial charge on any atom is 0.315 e. The van der Waals surface area contributed by atoms with Gasteiger partial charge in [-0.3, -0.25) is 14.6 Å². The Hall–Kier alpha value is -2.73. The molecule has 1 heterocycles. The van der Waals surface area contributed by atoms with E-state index in [1.807, 2.05) is 51.1 Å². The van der Waals surface area contributed by atoms with Crippen molar-refractivity contribution in [3.05, 3.63) is 48.2 Å². The Balaban J connectivity index is 1.48. The number of methoxy groups -OCH3 is 1. The van der Waals surface area contributed by atoms with Gasteiger partial charge in [-0.1, -0.05) is 26.8 Å². The number of ether oxygens (including phenoxy) is 2. The van der Waals surface area contributed by atoms with Crippen LogP contribution < -0.4 is 4.74 Å². The summed E-state index contributed by atoms with van der Waals surface area (Å²) in [6, 6.07) is 12.7. The van der Waals surface area contributed by atoms with Crippen LogP contribution in [0.15, 0.2) is 42.5 Å². The summed E-state index contributed by atoms with van der Waals surface area (Å²) in [5, 5.41) is 10.5. The highest BCUT2D eigenvalue weighted by Crippen LogP contribution is 2.53. The van der Waals surface area contributed by atoms with Crippen LogP contribution in [0.25, 0.3) is 11.3 Å². The quantitative estimate of drug-likeness (QED) is 0.545. The first kappa shape index (κ1) is 22.5. The Morgan fingerprint density at radius 2 is 1.62 bits per heavy atom. The summed E-state index contributed by atoms with van der Waals surface area (Å²) in [7, 11) is 1.37. The predicted octanol–water partition coefficient (Wildman–Crippen LogP) is 4.57. The lowest BCUT2D eigenvalue weighted by atomic mass is 9.79. The molecule has 1 aromatic heterocycles. The van der Waals surface area contributed by atoms with Gasteiger partial charge in [0.05, 0.1) is 30.3 Å². The lowest BCUT2D eigenvalue weighted by Gasteiger charge is -2.27.